The van der Waals surface area contributed by atoms with Gasteiger partial charge in [-0.05, 0) is 18.6 Å². The number of benzene rings is 1. The Hall–Kier alpha value is -1.56. The first-order chi connectivity index (χ1) is 7.88. The number of hydrogen-bond donors (Lipinski definition) is 1. The number of anilines is 1. The minimum Gasteiger partial charge on any atom is -0.398 e. The van der Waals surface area contributed by atoms with Crippen molar-refractivity contribution in [3.05, 3.63) is 23.9 Å². The van der Waals surface area contributed by atoms with Gasteiger partial charge in [-0.25, -0.2) is 8.42 Å². The molecule has 0 unspecified atom stereocenters. The van der Waals surface area contributed by atoms with Gasteiger partial charge in [0.15, 0.2) is 0 Å². The highest BCUT2D eigenvalue weighted by Gasteiger charge is 2.10. The van der Waals surface area contributed by atoms with Crippen molar-refractivity contribution in [2.45, 2.75) is 13.5 Å². The molecular formula is C11H15N3O2S. The summed E-state index contributed by atoms with van der Waals surface area (Å²) in [4.78, 5) is 0. The Morgan fingerprint density at radius 1 is 1.41 bits per heavy atom. The largest absolute Gasteiger partial charge is 0.398 e. The molecule has 1 aromatic carbocycles. The molecule has 0 aliphatic heterocycles. The predicted molar refractivity (Wildman–Crippen MR) is 68.6 cm³/mol. The average Bonchev–Trinajstić information content (AvgIpc) is 2.64. The van der Waals surface area contributed by atoms with E-state index in [1.54, 1.807) is 10.9 Å². The molecule has 6 heteroatoms. The maximum atomic E-state index is 11.1. The number of sulfone groups is 1. The molecule has 2 N–H and O–H groups in total. The molecule has 0 saturated carbocycles. The van der Waals surface area contributed by atoms with Crippen LogP contribution in [0.5, 0.6) is 0 Å². The molecule has 0 aliphatic rings. The third-order valence-corrected chi connectivity index (χ3v) is 3.63. The molecule has 0 atom stereocenters. The monoisotopic (exact) mass is 253 g/mol. The second-order valence-electron chi connectivity index (χ2n) is 4.23. The highest BCUT2D eigenvalue weighted by Crippen LogP contribution is 2.23. The van der Waals surface area contributed by atoms with Crippen LogP contribution in [0.2, 0.25) is 0 Å². The number of aromatic nitrogens is 2. The van der Waals surface area contributed by atoms with E-state index in [1.165, 1.54) is 6.26 Å². The van der Waals surface area contributed by atoms with Crippen LogP contribution < -0.4 is 5.73 Å². The van der Waals surface area contributed by atoms with Crippen LogP contribution in [0.3, 0.4) is 0 Å². The molecule has 2 rings (SSSR count). The second kappa shape index (κ2) is 4.03. The fourth-order valence-corrected chi connectivity index (χ4v) is 2.32. The summed E-state index contributed by atoms with van der Waals surface area (Å²) in [7, 11) is -2.98. The van der Waals surface area contributed by atoms with Gasteiger partial charge < -0.3 is 5.73 Å². The van der Waals surface area contributed by atoms with Gasteiger partial charge in [-0.2, -0.15) is 5.10 Å². The highest BCUT2D eigenvalue weighted by molar-refractivity contribution is 7.90. The van der Waals surface area contributed by atoms with Gasteiger partial charge in [-0.3, -0.25) is 4.68 Å². The molecule has 92 valence electrons. The van der Waals surface area contributed by atoms with E-state index in [9.17, 15) is 8.42 Å². The first kappa shape index (κ1) is 11.9. The summed E-state index contributed by atoms with van der Waals surface area (Å²) in [6, 6.07) is 3.75. The van der Waals surface area contributed by atoms with Crippen LogP contribution >= 0.6 is 0 Å². The standard InChI is InChI=1S/C11H15N3O2S/c1-8-3-4-10(12)9-7-13-14(11(8)9)5-6-17(2,15)16/h3-4,7H,5-6,12H2,1-2H3. The lowest BCUT2D eigenvalue weighted by Gasteiger charge is -2.05. The first-order valence-corrected chi connectivity index (χ1v) is 7.33. The number of fused-ring (bicyclic) bond motifs is 1. The molecule has 17 heavy (non-hydrogen) atoms. The molecule has 0 radical (unpaired) electrons. The number of aryl methyl sites for hydroxylation is 2. The number of hydrogen-bond acceptors (Lipinski definition) is 4. The fraction of sp³-hybridized carbons (Fsp3) is 0.364. The van der Waals surface area contributed by atoms with E-state index >= 15 is 0 Å². The van der Waals surface area contributed by atoms with Crippen LogP contribution in [-0.2, 0) is 16.4 Å². The Kier molecular flexibility index (Phi) is 2.82. The number of nitrogens with two attached hydrogens (primary N) is 1. The van der Waals surface area contributed by atoms with Crippen LogP contribution in [0, 0.1) is 6.92 Å². The Bertz CT molecular complexity index is 659. The molecule has 0 aliphatic carbocycles. The molecule has 5 nitrogen and oxygen atoms in total. The number of nitrogens with zero attached hydrogens (tertiary/aromatic N) is 2. The minimum absolute atomic E-state index is 0.0814. The summed E-state index contributed by atoms with van der Waals surface area (Å²) in [6.45, 7) is 2.31. The SMILES string of the molecule is Cc1ccc(N)c2cnn(CCS(C)(=O)=O)c12. The summed E-state index contributed by atoms with van der Waals surface area (Å²) < 4.78 is 24.0. The van der Waals surface area contributed by atoms with Crippen LogP contribution in [0.15, 0.2) is 18.3 Å². The zero-order valence-electron chi connectivity index (χ0n) is 9.84. The molecule has 0 fully saturated rings. The van der Waals surface area contributed by atoms with Crippen molar-refractivity contribution in [2.24, 2.45) is 0 Å². The molecule has 1 heterocycles. The van der Waals surface area contributed by atoms with Crippen molar-refractivity contribution >= 4 is 26.4 Å². The zero-order valence-corrected chi connectivity index (χ0v) is 10.7. The molecule has 0 saturated heterocycles. The van der Waals surface area contributed by atoms with Crippen molar-refractivity contribution in [3.63, 3.8) is 0 Å². The van der Waals surface area contributed by atoms with E-state index in [-0.39, 0.29) is 5.75 Å². The van der Waals surface area contributed by atoms with Gasteiger partial charge in [0.2, 0.25) is 0 Å². The molecule has 1 aromatic heterocycles. The summed E-state index contributed by atoms with van der Waals surface area (Å²) in [5, 5.41) is 5.07. The van der Waals surface area contributed by atoms with E-state index in [4.69, 9.17) is 5.73 Å². The number of nitrogen functional groups attached to an aromatic ring is 1. The van der Waals surface area contributed by atoms with Gasteiger partial charge in [-0.1, -0.05) is 6.07 Å². The van der Waals surface area contributed by atoms with Crippen molar-refractivity contribution < 1.29 is 8.42 Å². The lowest BCUT2D eigenvalue weighted by atomic mass is 10.1. The van der Waals surface area contributed by atoms with Gasteiger partial charge in [-0.15, -0.1) is 0 Å². The smallest absolute Gasteiger partial charge is 0.149 e. The van der Waals surface area contributed by atoms with Gasteiger partial charge in [0.05, 0.1) is 24.0 Å². The predicted octanol–water partition coefficient (Wildman–Crippen LogP) is 0.972. The number of rotatable bonds is 3. The quantitative estimate of drug-likeness (QED) is 0.827. The van der Waals surface area contributed by atoms with Gasteiger partial charge in [0, 0.05) is 17.3 Å². The van der Waals surface area contributed by atoms with E-state index < -0.39 is 9.84 Å². The Labute approximate surface area is 100 Å². The lowest BCUT2D eigenvalue weighted by molar-refractivity contribution is 0.589. The van der Waals surface area contributed by atoms with Gasteiger partial charge >= 0.3 is 0 Å². The van der Waals surface area contributed by atoms with E-state index in [0.29, 0.717) is 12.2 Å². The summed E-state index contributed by atoms with van der Waals surface area (Å²) >= 11 is 0. The van der Waals surface area contributed by atoms with Crippen molar-refractivity contribution in [2.75, 3.05) is 17.7 Å². The van der Waals surface area contributed by atoms with Crippen molar-refractivity contribution in [1.29, 1.82) is 0 Å². The maximum Gasteiger partial charge on any atom is 0.149 e. The normalized spacial score (nSPS) is 12.1. The zero-order chi connectivity index (χ0) is 12.6. The second-order valence-corrected chi connectivity index (χ2v) is 6.49. The average molecular weight is 253 g/mol. The fourth-order valence-electron chi connectivity index (χ4n) is 1.82. The van der Waals surface area contributed by atoms with E-state index in [1.807, 2.05) is 19.1 Å². The Morgan fingerprint density at radius 2 is 2.12 bits per heavy atom. The third-order valence-electron chi connectivity index (χ3n) is 2.71. The topological polar surface area (TPSA) is 78.0 Å². The van der Waals surface area contributed by atoms with Gasteiger partial charge in [0.25, 0.3) is 0 Å². The minimum atomic E-state index is -2.98. The van der Waals surface area contributed by atoms with Gasteiger partial charge in [0.1, 0.15) is 9.84 Å². The molecule has 0 amide bonds. The summed E-state index contributed by atoms with van der Waals surface area (Å²) in [5.41, 5.74) is 8.46. The van der Waals surface area contributed by atoms with Crippen LogP contribution in [0.4, 0.5) is 5.69 Å². The Morgan fingerprint density at radius 3 is 2.76 bits per heavy atom. The van der Waals surface area contributed by atoms with E-state index in [0.717, 1.165) is 16.5 Å². The van der Waals surface area contributed by atoms with Crippen molar-refractivity contribution in [1.82, 2.24) is 9.78 Å². The van der Waals surface area contributed by atoms with Crippen LogP contribution in [-0.4, -0.2) is 30.2 Å². The van der Waals surface area contributed by atoms with E-state index in [2.05, 4.69) is 5.10 Å². The summed E-state index contributed by atoms with van der Waals surface area (Å²) in [6.07, 6.45) is 2.90. The van der Waals surface area contributed by atoms with Crippen LogP contribution in [0.1, 0.15) is 5.56 Å². The maximum absolute atomic E-state index is 11.1. The summed E-state index contributed by atoms with van der Waals surface area (Å²) in [5.74, 6) is 0.0814. The first-order valence-electron chi connectivity index (χ1n) is 5.27. The third kappa shape index (κ3) is 2.41. The Balaban J connectivity index is 2.46. The van der Waals surface area contributed by atoms with Crippen molar-refractivity contribution in [3.8, 4) is 0 Å². The van der Waals surface area contributed by atoms with Crippen LogP contribution in [0.25, 0.3) is 10.9 Å². The molecule has 0 spiro atoms. The molecule has 0 bridgehead atoms. The lowest BCUT2D eigenvalue weighted by Crippen LogP contribution is -2.12. The molecule has 2 aromatic rings. The molecular weight excluding hydrogens is 238 g/mol. The highest BCUT2D eigenvalue weighted by atomic mass is 32.2.